The van der Waals surface area contributed by atoms with Gasteiger partial charge in [-0.1, -0.05) is 0 Å². The van der Waals surface area contributed by atoms with Gasteiger partial charge in [0.05, 0.1) is 6.04 Å². The van der Waals surface area contributed by atoms with Gasteiger partial charge in [-0.2, -0.15) is 0 Å². The lowest BCUT2D eigenvalue weighted by Crippen LogP contribution is -2.57. The molecule has 0 radical (unpaired) electrons. The van der Waals surface area contributed by atoms with Crippen LogP contribution in [0.25, 0.3) is 0 Å². The van der Waals surface area contributed by atoms with Gasteiger partial charge in [0.2, 0.25) is 17.7 Å². The molecular formula is C22H43N11O5. The van der Waals surface area contributed by atoms with Gasteiger partial charge in [-0.05, 0) is 57.9 Å². The normalized spacial score (nSPS) is 17.1. The molecule has 216 valence electrons. The summed E-state index contributed by atoms with van der Waals surface area (Å²) in [6.07, 6.45) is 3.10. The molecule has 0 aliphatic carbocycles. The molecule has 0 spiro atoms. The van der Waals surface area contributed by atoms with Crippen LogP contribution in [0.4, 0.5) is 0 Å². The van der Waals surface area contributed by atoms with E-state index in [2.05, 4.69) is 20.6 Å². The Hall–Kier alpha value is -3.66. The number of hydrogen-bond acceptors (Lipinski definition) is 8. The van der Waals surface area contributed by atoms with E-state index in [1.165, 1.54) is 4.90 Å². The number of amides is 3. The number of aliphatic imine (C=N–C) groups is 2. The molecule has 3 amide bonds. The molecule has 38 heavy (non-hydrogen) atoms. The Morgan fingerprint density at radius 2 is 1.53 bits per heavy atom. The summed E-state index contributed by atoms with van der Waals surface area (Å²) < 4.78 is 0. The number of nitrogens with two attached hydrogens (primary N) is 6. The minimum atomic E-state index is -1.21. The van der Waals surface area contributed by atoms with Gasteiger partial charge < -0.3 is 55.0 Å². The van der Waals surface area contributed by atoms with Crippen molar-refractivity contribution in [1.29, 1.82) is 0 Å². The summed E-state index contributed by atoms with van der Waals surface area (Å²) in [5.74, 6) is -2.89. The molecule has 0 saturated carbocycles. The van der Waals surface area contributed by atoms with E-state index in [1.54, 1.807) is 0 Å². The largest absolute Gasteiger partial charge is 0.480 e. The number of nitrogens with one attached hydrogen (secondary N) is 2. The molecule has 0 aromatic heterocycles. The molecule has 2 unspecified atom stereocenters. The number of carboxylic acids is 1. The van der Waals surface area contributed by atoms with Crippen molar-refractivity contribution < 1.29 is 24.3 Å². The molecular weight excluding hydrogens is 498 g/mol. The lowest BCUT2D eigenvalue weighted by Gasteiger charge is -2.30. The van der Waals surface area contributed by atoms with Crippen LogP contribution in [-0.4, -0.2) is 96.0 Å². The SMILES string of the molecule is NCCC(NC(=O)C(N)CCCCN=C(N)N)C(=O)N1CCC[C@H]1C(=O)N[C@@H](CCCN=C(N)N)C(=O)O. The first-order valence-corrected chi connectivity index (χ1v) is 12.7. The fourth-order valence-corrected chi connectivity index (χ4v) is 4.05. The van der Waals surface area contributed by atoms with Crippen LogP contribution in [0.5, 0.6) is 0 Å². The fourth-order valence-electron chi connectivity index (χ4n) is 4.05. The summed E-state index contributed by atoms with van der Waals surface area (Å²) in [4.78, 5) is 59.6. The summed E-state index contributed by atoms with van der Waals surface area (Å²) >= 11 is 0. The highest BCUT2D eigenvalue weighted by Gasteiger charge is 2.38. The lowest BCUT2D eigenvalue weighted by molar-refractivity contribution is -0.145. The molecule has 16 heteroatoms. The Morgan fingerprint density at radius 3 is 2.11 bits per heavy atom. The van der Waals surface area contributed by atoms with Crippen molar-refractivity contribution in [3.8, 4) is 0 Å². The second-order valence-electron chi connectivity index (χ2n) is 9.09. The molecule has 16 nitrogen and oxygen atoms in total. The minimum absolute atomic E-state index is 0.00888. The topological polar surface area (TPSA) is 297 Å². The zero-order valence-corrected chi connectivity index (χ0v) is 21.7. The smallest absolute Gasteiger partial charge is 0.326 e. The fraction of sp³-hybridized carbons (Fsp3) is 0.727. The molecule has 1 rings (SSSR count). The van der Waals surface area contributed by atoms with E-state index in [0.29, 0.717) is 45.1 Å². The van der Waals surface area contributed by atoms with Crippen LogP contribution in [0.3, 0.4) is 0 Å². The van der Waals surface area contributed by atoms with Gasteiger partial charge in [0, 0.05) is 19.6 Å². The van der Waals surface area contributed by atoms with E-state index >= 15 is 0 Å². The van der Waals surface area contributed by atoms with Crippen LogP contribution in [0.15, 0.2) is 9.98 Å². The maximum absolute atomic E-state index is 13.3. The van der Waals surface area contributed by atoms with E-state index in [0.717, 1.165) is 0 Å². The Kier molecular flexibility index (Phi) is 14.4. The first kappa shape index (κ1) is 32.4. The molecule has 1 fully saturated rings. The Labute approximate surface area is 222 Å². The van der Waals surface area contributed by atoms with Gasteiger partial charge in [-0.25, -0.2) is 4.79 Å². The Morgan fingerprint density at radius 1 is 0.895 bits per heavy atom. The highest BCUT2D eigenvalue weighted by Crippen LogP contribution is 2.20. The molecule has 1 saturated heterocycles. The van der Waals surface area contributed by atoms with Crippen molar-refractivity contribution in [2.75, 3.05) is 26.2 Å². The van der Waals surface area contributed by atoms with Crippen LogP contribution in [-0.2, 0) is 19.2 Å². The Balaban J connectivity index is 2.75. The van der Waals surface area contributed by atoms with E-state index in [9.17, 15) is 24.3 Å². The first-order valence-electron chi connectivity index (χ1n) is 12.7. The highest BCUT2D eigenvalue weighted by atomic mass is 16.4. The standard InChI is InChI=1S/C22H43N11O5/c23-9-8-14(31-17(34)13(24)5-1-2-10-29-21(25)26)19(36)33-12-4-7-16(33)18(35)32-15(20(37)38)6-3-11-30-22(27)28/h13-16H,1-12,23-24H2,(H,31,34)(H,32,35)(H,37,38)(H4,25,26,29)(H4,27,28,30)/t13?,14?,15-,16-/m0/s1. The van der Waals surface area contributed by atoms with E-state index in [-0.39, 0.29) is 44.4 Å². The van der Waals surface area contributed by atoms with Crippen molar-refractivity contribution in [3.63, 3.8) is 0 Å². The maximum Gasteiger partial charge on any atom is 0.326 e. The van der Waals surface area contributed by atoms with E-state index < -0.39 is 47.9 Å². The molecule has 1 aliphatic heterocycles. The number of carbonyl (C=O) groups is 4. The van der Waals surface area contributed by atoms with Gasteiger partial charge in [-0.3, -0.25) is 24.4 Å². The van der Waals surface area contributed by atoms with Crippen molar-refractivity contribution in [2.24, 2.45) is 44.4 Å². The van der Waals surface area contributed by atoms with Crippen LogP contribution in [0.1, 0.15) is 51.4 Å². The van der Waals surface area contributed by atoms with Gasteiger partial charge in [-0.15, -0.1) is 0 Å². The van der Waals surface area contributed by atoms with Gasteiger partial charge >= 0.3 is 5.97 Å². The van der Waals surface area contributed by atoms with Crippen LogP contribution < -0.4 is 45.0 Å². The van der Waals surface area contributed by atoms with Crippen molar-refractivity contribution >= 4 is 35.6 Å². The molecule has 0 aromatic carbocycles. The average Bonchev–Trinajstić information content (AvgIpc) is 3.34. The van der Waals surface area contributed by atoms with E-state index in [4.69, 9.17) is 34.4 Å². The second-order valence-corrected chi connectivity index (χ2v) is 9.09. The van der Waals surface area contributed by atoms with Crippen molar-refractivity contribution in [3.05, 3.63) is 0 Å². The maximum atomic E-state index is 13.3. The number of nitrogens with zero attached hydrogens (tertiary/aromatic N) is 3. The number of guanidine groups is 2. The van der Waals surface area contributed by atoms with Gasteiger partial charge in [0.25, 0.3) is 0 Å². The van der Waals surface area contributed by atoms with Crippen molar-refractivity contribution in [1.82, 2.24) is 15.5 Å². The third-order valence-electron chi connectivity index (χ3n) is 6.02. The summed E-state index contributed by atoms with van der Waals surface area (Å²) in [5, 5.41) is 14.7. The zero-order valence-electron chi connectivity index (χ0n) is 21.7. The molecule has 0 bridgehead atoms. The number of hydrogen-bond donors (Lipinski definition) is 9. The minimum Gasteiger partial charge on any atom is -0.480 e. The van der Waals surface area contributed by atoms with Crippen LogP contribution >= 0.6 is 0 Å². The summed E-state index contributed by atoms with van der Waals surface area (Å²) in [6.45, 7) is 1.04. The first-order chi connectivity index (χ1) is 18.0. The summed E-state index contributed by atoms with van der Waals surface area (Å²) in [7, 11) is 0. The molecule has 1 aliphatic rings. The van der Waals surface area contributed by atoms with Gasteiger partial charge in [0.1, 0.15) is 18.1 Å². The predicted molar refractivity (Wildman–Crippen MR) is 142 cm³/mol. The quantitative estimate of drug-likeness (QED) is 0.0488. The molecule has 15 N–H and O–H groups in total. The second kappa shape index (κ2) is 17.0. The molecule has 4 atom stereocenters. The number of carbonyl (C=O) groups excluding carboxylic acids is 3. The summed E-state index contributed by atoms with van der Waals surface area (Å²) in [6, 6.07) is -3.86. The third-order valence-corrected chi connectivity index (χ3v) is 6.02. The number of carboxylic acid groups (broad SMARTS) is 1. The van der Waals surface area contributed by atoms with Gasteiger partial charge in [0.15, 0.2) is 11.9 Å². The monoisotopic (exact) mass is 541 g/mol. The lowest BCUT2D eigenvalue weighted by atomic mass is 10.1. The number of unbranched alkanes of at least 4 members (excludes halogenated alkanes) is 1. The predicted octanol–water partition coefficient (Wildman–Crippen LogP) is -3.80. The van der Waals surface area contributed by atoms with Crippen LogP contribution in [0.2, 0.25) is 0 Å². The van der Waals surface area contributed by atoms with Crippen molar-refractivity contribution in [2.45, 2.75) is 75.5 Å². The number of likely N-dealkylation sites (tertiary alicyclic amines) is 1. The summed E-state index contributed by atoms with van der Waals surface area (Å²) in [5.41, 5.74) is 32.7. The average molecular weight is 542 g/mol. The molecule has 0 aromatic rings. The van der Waals surface area contributed by atoms with Crippen LogP contribution in [0, 0.1) is 0 Å². The third kappa shape index (κ3) is 11.6. The highest BCUT2D eigenvalue weighted by molar-refractivity contribution is 5.94. The molecule has 1 heterocycles. The zero-order chi connectivity index (χ0) is 28.7. The number of rotatable bonds is 17. The van der Waals surface area contributed by atoms with E-state index in [1.807, 2.05) is 0 Å². The Bertz CT molecular complexity index is 859. The number of aliphatic carboxylic acids is 1.